The fraction of sp³-hybridized carbons (Fsp3) is 0.333. The second-order valence-corrected chi connectivity index (χ2v) is 6.06. The summed E-state index contributed by atoms with van der Waals surface area (Å²) in [5.41, 5.74) is -0.421. The van der Waals surface area contributed by atoms with Crippen LogP contribution in [0, 0.1) is 0 Å². The molecule has 0 atom stereocenters. The number of hydrogen-bond donors (Lipinski definition) is 0. The van der Waals surface area contributed by atoms with Gasteiger partial charge in [0.2, 0.25) is 0 Å². The summed E-state index contributed by atoms with van der Waals surface area (Å²) in [6, 6.07) is 0. The van der Waals surface area contributed by atoms with Gasteiger partial charge in [-0.3, -0.25) is 4.79 Å². The van der Waals surface area contributed by atoms with E-state index in [4.69, 9.17) is 4.42 Å². The molecule has 13 heavy (non-hydrogen) atoms. The smallest absolute Gasteiger partial charge is 0.411 e. The predicted molar refractivity (Wildman–Crippen MR) is 58.5 cm³/mol. The maximum Gasteiger partial charge on any atom is 0.421 e. The van der Waals surface area contributed by atoms with Crippen LogP contribution in [-0.4, -0.2) is 4.57 Å². The number of hydrogen-bond acceptors (Lipinski definition) is 3. The molecule has 72 valence electrons. The minimum atomic E-state index is -0.688. The SMILES string of the molecule is Cn1c(=O)oc(C(Br)Br)c(Br)c1=O. The highest BCUT2D eigenvalue weighted by atomic mass is 79.9. The fourth-order valence-corrected chi connectivity index (χ4v) is 2.52. The highest BCUT2D eigenvalue weighted by molar-refractivity contribution is 9.24. The van der Waals surface area contributed by atoms with Crippen molar-refractivity contribution in [2.24, 2.45) is 7.05 Å². The van der Waals surface area contributed by atoms with Gasteiger partial charge >= 0.3 is 5.76 Å². The highest BCUT2D eigenvalue weighted by Gasteiger charge is 2.16. The summed E-state index contributed by atoms with van der Waals surface area (Å²) in [6.45, 7) is 0. The number of aromatic nitrogens is 1. The molecule has 1 aromatic rings. The molecule has 0 bridgehead atoms. The summed E-state index contributed by atoms with van der Waals surface area (Å²) in [5.74, 6) is -0.458. The molecule has 0 spiro atoms. The van der Waals surface area contributed by atoms with Crippen molar-refractivity contribution in [2.45, 2.75) is 3.74 Å². The molecule has 0 aliphatic heterocycles. The molecule has 0 fully saturated rings. The molecule has 0 radical (unpaired) electrons. The Bertz CT molecular complexity index is 434. The normalized spacial score (nSPS) is 10.8. The Morgan fingerprint density at radius 1 is 1.38 bits per heavy atom. The number of halogens is 3. The molecule has 0 aromatic carbocycles. The molecule has 0 amide bonds. The number of alkyl halides is 2. The van der Waals surface area contributed by atoms with Crippen molar-refractivity contribution in [1.29, 1.82) is 0 Å². The highest BCUT2D eigenvalue weighted by Crippen LogP contribution is 2.31. The zero-order valence-corrected chi connectivity index (χ0v) is 11.1. The second-order valence-electron chi connectivity index (χ2n) is 2.21. The van der Waals surface area contributed by atoms with Crippen LogP contribution in [0.25, 0.3) is 0 Å². The Balaban J connectivity index is 3.60. The maximum atomic E-state index is 11.3. The summed E-state index contributed by atoms with van der Waals surface area (Å²) < 4.78 is 5.60. The third-order valence-electron chi connectivity index (χ3n) is 1.38. The van der Waals surface area contributed by atoms with Gasteiger partial charge in [-0.15, -0.1) is 0 Å². The van der Waals surface area contributed by atoms with Crippen LogP contribution in [0.15, 0.2) is 18.5 Å². The van der Waals surface area contributed by atoms with Gasteiger partial charge in [0.15, 0.2) is 5.76 Å². The monoisotopic (exact) mass is 375 g/mol. The summed E-state index contributed by atoms with van der Waals surface area (Å²) in [5, 5.41) is 0. The molecular formula is C6H4Br3NO3. The average molecular weight is 378 g/mol. The van der Waals surface area contributed by atoms with E-state index in [2.05, 4.69) is 47.8 Å². The zero-order valence-electron chi connectivity index (χ0n) is 6.38. The van der Waals surface area contributed by atoms with E-state index in [1.165, 1.54) is 7.05 Å². The molecule has 0 aliphatic carbocycles. The molecule has 4 nitrogen and oxygen atoms in total. The Morgan fingerprint density at radius 2 is 1.92 bits per heavy atom. The maximum absolute atomic E-state index is 11.3. The van der Waals surface area contributed by atoms with E-state index < -0.39 is 11.3 Å². The summed E-state index contributed by atoms with van der Waals surface area (Å²) >= 11 is 9.30. The third kappa shape index (κ3) is 2.13. The first kappa shape index (κ1) is 11.2. The molecule has 7 heteroatoms. The molecule has 0 unspecified atom stereocenters. The van der Waals surface area contributed by atoms with Crippen molar-refractivity contribution < 1.29 is 4.42 Å². The summed E-state index contributed by atoms with van der Waals surface area (Å²) in [4.78, 5) is 22.4. The first-order valence-electron chi connectivity index (χ1n) is 3.13. The standard InChI is InChI=1S/C6H4Br3NO3/c1-10-5(11)2(7)3(4(8)9)13-6(10)12/h4H,1H3. The van der Waals surface area contributed by atoms with Gasteiger partial charge in [0.25, 0.3) is 5.56 Å². The Morgan fingerprint density at radius 3 is 2.38 bits per heavy atom. The van der Waals surface area contributed by atoms with Crippen LogP contribution in [0.3, 0.4) is 0 Å². The van der Waals surface area contributed by atoms with Gasteiger partial charge in [0, 0.05) is 7.05 Å². The van der Waals surface area contributed by atoms with E-state index >= 15 is 0 Å². The van der Waals surface area contributed by atoms with Crippen LogP contribution < -0.4 is 11.3 Å². The molecule has 0 saturated carbocycles. The second kappa shape index (κ2) is 4.10. The Kier molecular flexibility index (Phi) is 3.53. The molecule has 1 heterocycles. The van der Waals surface area contributed by atoms with Gasteiger partial charge in [-0.25, -0.2) is 9.36 Å². The lowest BCUT2D eigenvalue weighted by Gasteiger charge is -2.03. The Labute approximate surface area is 98.3 Å². The summed E-state index contributed by atoms with van der Waals surface area (Å²) in [6.07, 6.45) is 0. The Hall–Kier alpha value is 0.120. The summed E-state index contributed by atoms with van der Waals surface area (Å²) in [7, 11) is 1.35. The van der Waals surface area contributed by atoms with E-state index in [0.29, 0.717) is 0 Å². The van der Waals surface area contributed by atoms with E-state index in [9.17, 15) is 9.59 Å². The van der Waals surface area contributed by atoms with Crippen molar-refractivity contribution in [3.05, 3.63) is 31.1 Å². The number of rotatable bonds is 1. The third-order valence-corrected chi connectivity index (χ3v) is 2.94. The number of nitrogens with zero attached hydrogens (tertiary/aromatic N) is 1. The van der Waals surface area contributed by atoms with Crippen LogP contribution in [0.1, 0.15) is 9.50 Å². The molecule has 0 aliphatic rings. The largest absolute Gasteiger partial charge is 0.421 e. The zero-order chi connectivity index (χ0) is 10.2. The van der Waals surface area contributed by atoms with Crippen LogP contribution in [0.5, 0.6) is 0 Å². The van der Waals surface area contributed by atoms with Gasteiger partial charge < -0.3 is 4.42 Å². The molecular weight excluding hydrogens is 374 g/mol. The van der Waals surface area contributed by atoms with Crippen LogP contribution >= 0.6 is 47.8 Å². The lowest BCUT2D eigenvalue weighted by molar-refractivity contribution is 0.411. The van der Waals surface area contributed by atoms with Gasteiger partial charge in [-0.1, -0.05) is 31.9 Å². The van der Waals surface area contributed by atoms with E-state index in [1.807, 2.05) is 0 Å². The van der Waals surface area contributed by atoms with Crippen LogP contribution in [0.2, 0.25) is 0 Å². The first-order chi connectivity index (χ1) is 5.95. The van der Waals surface area contributed by atoms with Gasteiger partial charge in [0.05, 0.1) is 0 Å². The fourth-order valence-electron chi connectivity index (χ4n) is 0.683. The van der Waals surface area contributed by atoms with Crippen LogP contribution in [-0.2, 0) is 7.05 Å². The quantitative estimate of drug-likeness (QED) is 0.702. The van der Waals surface area contributed by atoms with E-state index in [1.54, 1.807) is 0 Å². The van der Waals surface area contributed by atoms with Gasteiger partial charge in [-0.2, -0.15) is 0 Å². The molecule has 0 saturated heterocycles. The predicted octanol–water partition coefficient (Wildman–Crippen LogP) is 1.89. The minimum Gasteiger partial charge on any atom is -0.411 e. The lowest BCUT2D eigenvalue weighted by Crippen LogP contribution is -2.31. The first-order valence-corrected chi connectivity index (χ1v) is 5.75. The topological polar surface area (TPSA) is 52.2 Å². The molecule has 1 aromatic heterocycles. The van der Waals surface area contributed by atoms with Crippen molar-refractivity contribution >= 4 is 47.8 Å². The van der Waals surface area contributed by atoms with Crippen LogP contribution in [0.4, 0.5) is 0 Å². The van der Waals surface area contributed by atoms with Crippen molar-refractivity contribution in [3.8, 4) is 0 Å². The van der Waals surface area contributed by atoms with E-state index in [0.717, 1.165) is 4.57 Å². The van der Waals surface area contributed by atoms with E-state index in [-0.39, 0.29) is 14.0 Å². The lowest BCUT2D eigenvalue weighted by atomic mass is 10.5. The average Bonchev–Trinajstić information content (AvgIpc) is 2.07. The van der Waals surface area contributed by atoms with Gasteiger partial charge in [0.1, 0.15) is 8.21 Å². The van der Waals surface area contributed by atoms with Crippen molar-refractivity contribution in [3.63, 3.8) is 0 Å². The molecule has 1 rings (SSSR count). The van der Waals surface area contributed by atoms with Crippen molar-refractivity contribution in [1.82, 2.24) is 4.57 Å². The minimum absolute atomic E-state index is 0.230. The van der Waals surface area contributed by atoms with Crippen molar-refractivity contribution in [2.75, 3.05) is 0 Å². The molecule has 0 N–H and O–H groups in total. The van der Waals surface area contributed by atoms with Gasteiger partial charge in [-0.05, 0) is 15.9 Å².